The molecule has 0 amide bonds. The highest BCUT2D eigenvalue weighted by atomic mass is 16.5. The Balaban J connectivity index is 1.75. The molecule has 0 saturated carbocycles. The summed E-state index contributed by atoms with van der Waals surface area (Å²) in [6, 6.07) is 1.98. The first-order valence-electron chi connectivity index (χ1n) is 6.75. The van der Waals surface area contributed by atoms with Gasteiger partial charge >= 0.3 is 0 Å². The van der Waals surface area contributed by atoms with Crippen molar-refractivity contribution in [2.24, 2.45) is 0 Å². The van der Waals surface area contributed by atoms with Crippen molar-refractivity contribution in [1.82, 2.24) is 9.47 Å². The summed E-state index contributed by atoms with van der Waals surface area (Å²) >= 11 is 0. The number of carbonyl (C=O) groups excluding carboxylic acids is 1. The van der Waals surface area contributed by atoms with Crippen molar-refractivity contribution in [1.29, 1.82) is 0 Å². The van der Waals surface area contributed by atoms with E-state index in [2.05, 4.69) is 16.5 Å². The molecule has 18 heavy (non-hydrogen) atoms. The van der Waals surface area contributed by atoms with Crippen LogP contribution in [0.4, 0.5) is 0 Å². The minimum atomic E-state index is 0.247. The van der Waals surface area contributed by atoms with E-state index in [-0.39, 0.29) is 6.10 Å². The lowest BCUT2D eigenvalue weighted by molar-refractivity contribution is -0.0277. The van der Waals surface area contributed by atoms with E-state index in [1.807, 2.05) is 12.3 Å². The molecule has 0 N–H and O–H groups in total. The number of hydrogen-bond acceptors (Lipinski definition) is 3. The maximum absolute atomic E-state index is 11.8. The molecule has 2 heterocycles. The summed E-state index contributed by atoms with van der Waals surface area (Å²) in [5, 5.41) is 0. The summed E-state index contributed by atoms with van der Waals surface area (Å²) in [7, 11) is 2.13. The lowest BCUT2D eigenvalue weighted by atomic mass is 9.97. The third kappa shape index (κ3) is 2.22. The Morgan fingerprint density at radius 3 is 3.17 bits per heavy atom. The summed E-state index contributed by atoms with van der Waals surface area (Å²) in [5.41, 5.74) is 2.15. The normalized spacial score (nSPS) is 25.2. The maximum Gasteiger partial charge on any atom is 0.164 e. The standard InChI is InChI=1S/C14H20N2O2/c1-15-7-8-18-11(9-15)10-16-6-5-12-13(16)3-2-4-14(12)17/h5-6,11H,2-4,7-10H2,1H3. The van der Waals surface area contributed by atoms with Crippen molar-refractivity contribution in [3.63, 3.8) is 0 Å². The van der Waals surface area contributed by atoms with Gasteiger partial charge in [-0.25, -0.2) is 0 Å². The molecule has 1 aromatic rings. The third-order valence-corrected chi connectivity index (χ3v) is 3.94. The number of ketones is 1. The lowest BCUT2D eigenvalue weighted by Crippen LogP contribution is -2.42. The summed E-state index contributed by atoms with van der Waals surface area (Å²) in [4.78, 5) is 14.1. The number of likely N-dealkylation sites (N-methyl/N-ethyl adjacent to an activating group) is 1. The number of hydrogen-bond donors (Lipinski definition) is 0. The number of fused-ring (bicyclic) bond motifs is 1. The Hall–Kier alpha value is -1.13. The molecule has 1 fully saturated rings. The van der Waals surface area contributed by atoms with Crippen LogP contribution in [0.25, 0.3) is 0 Å². The molecule has 2 aliphatic rings. The van der Waals surface area contributed by atoms with Crippen molar-refractivity contribution >= 4 is 5.78 Å². The molecule has 4 nitrogen and oxygen atoms in total. The van der Waals surface area contributed by atoms with Crippen molar-refractivity contribution in [2.45, 2.75) is 31.9 Å². The van der Waals surface area contributed by atoms with Crippen LogP contribution in [0.15, 0.2) is 12.3 Å². The zero-order valence-electron chi connectivity index (χ0n) is 10.9. The van der Waals surface area contributed by atoms with Crippen LogP contribution in [0.3, 0.4) is 0 Å². The largest absolute Gasteiger partial charge is 0.374 e. The van der Waals surface area contributed by atoms with Crippen molar-refractivity contribution in [3.8, 4) is 0 Å². The van der Waals surface area contributed by atoms with Gasteiger partial charge in [0.1, 0.15) is 0 Å². The Kier molecular flexibility index (Phi) is 3.22. The average molecular weight is 248 g/mol. The van der Waals surface area contributed by atoms with Gasteiger partial charge in [0, 0.05) is 43.5 Å². The molecule has 1 atom stereocenters. The number of morpholine rings is 1. The summed E-state index contributed by atoms with van der Waals surface area (Å²) in [6.45, 7) is 3.66. The third-order valence-electron chi connectivity index (χ3n) is 3.94. The number of ether oxygens (including phenoxy) is 1. The molecule has 1 unspecified atom stereocenters. The van der Waals surface area contributed by atoms with Gasteiger partial charge in [-0.2, -0.15) is 0 Å². The maximum atomic E-state index is 11.8. The lowest BCUT2D eigenvalue weighted by Gasteiger charge is -2.31. The fourth-order valence-electron chi connectivity index (χ4n) is 2.96. The van der Waals surface area contributed by atoms with Gasteiger partial charge in [0.2, 0.25) is 0 Å². The van der Waals surface area contributed by atoms with Gasteiger partial charge < -0.3 is 14.2 Å². The van der Waals surface area contributed by atoms with Crippen LogP contribution in [0, 0.1) is 0 Å². The summed E-state index contributed by atoms with van der Waals surface area (Å²) in [5.74, 6) is 0.302. The topological polar surface area (TPSA) is 34.5 Å². The van der Waals surface area contributed by atoms with Crippen LogP contribution < -0.4 is 0 Å². The monoisotopic (exact) mass is 248 g/mol. The second-order valence-corrected chi connectivity index (χ2v) is 5.36. The van der Waals surface area contributed by atoms with E-state index in [1.165, 1.54) is 5.69 Å². The van der Waals surface area contributed by atoms with Crippen LogP contribution in [-0.2, 0) is 17.7 Å². The molecule has 1 aliphatic heterocycles. The molecule has 1 saturated heterocycles. The van der Waals surface area contributed by atoms with Crippen LogP contribution >= 0.6 is 0 Å². The molecule has 4 heteroatoms. The molecular formula is C14H20N2O2. The minimum absolute atomic E-state index is 0.247. The SMILES string of the molecule is CN1CCOC(Cn2ccc3c2CCCC3=O)C1. The van der Waals surface area contributed by atoms with Crippen LogP contribution in [0.1, 0.15) is 28.9 Å². The quantitative estimate of drug-likeness (QED) is 0.792. The first-order valence-corrected chi connectivity index (χ1v) is 6.75. The fourth-order valence-corrected chi connectivity index (χ4v) is 2.96. The molecular weight excluding hydrogens is 228 g/mol. The van der Waals surface area contributed by atoms with Gasteiger partial charge in [0.25, 0.3) is 0 Å². The van der Waals surface area contributed by atoms with E-state index < -0.39 is 0 Å². The number of aromatic nitrogens is 1. The van der Waals surface area contributed by atoms with E-state index >= 15 is 0 Å². The Morgan fingerprint density at radius 1 is 1.44 bits per heavy atom. The number of rotatable bonds is 2. The zero-order valence-corrected chi connectivity index (χ0v) is 10.9. The summed E-state index contributed by atoms with van der Waals surface area (Å²) < 4.78 is 8.01. The van der Waals surface area contributed by atoms with Gasteiger partial charge in [0.05, 0.1) is 12.7 Å². The Labute approximate surface area is 108 Å². The predicted octanol–water partition coefficient (Wildman–Crippen LogP) is 1.34. The molecule has 0 bridgehead atoms. The molecule has 1 aromatic heterocycles. The van der Waals surface area contributed by atoms with Gasteiger partial charge in [-0.1, -0.05) is 0 Å². The highest BCUT2D eigenvalue weighted by molar-refractivity contribution is 5.98. The first kappa shape index (κ1) is 11.9. The highest BCUT2D eigenvalue weighted by Gasteiger charge is 2.23. The van der Waals surface area contributed by atoms with Crippen LogP contribution in [-0.4, -0.2) is 48.1 Å². The highest BCUT2D eigenvalue weighted by Crippen LogP contribution is 2.23. The fraction of sp³-hybridized carbons (Fsp3) is 0.643. The minimum Gasteiger partial charge on any atom is -0.374 e. The number of carbonyl (C=O) groups is 1. The summed E-state index contributed by atoms with van der Waals surface area (Å²) in [6.07, 6.45) is 5.01. The van der Waals surface area contributed by atoms with Gasteiger partial charge in [0.15, 0.2) is 5.78 Å². The van der Waals surface area contributed by atoms with Gasteiger partial charge in [-0.15, -0.1) is 0 Å². The van der Waals surface area contributed by atoms with Crippen molar-refractivity contribution < 1.29 is 9.53 Å². The zero-order chi connectivity index (χ0) is 12.5. The molecule has 0 aromatic carbocycles. The molecule has 1 aliphatic carbocycles. The number of Topliss-reactive ketones (excluding diaryl/α,β-unsaturated/α-hetero) is 1. The van der Waals surface area contributed by atoms with Crippen molar-refractivity contribution in [2.75, 3.05) is 26.7 Å². The molecule has 0 spiro atoms. The van der Waals surface area contributed by atoms with E-state index in [0.717, 1.165) is 44.6 Å². The van der Waals surface area contributed by atoms with Gasteiger partial charge in [-0.05, 0) is 26.0 Å². The second kappa shape index (κ2) is 4.86. The van der Waals surface area contributed by atoms with Crippen molar-refractivity contribution in [3.05, 3.63) is 23.5 Å². The predicted molar refractivity (Wildman–Crippen MR) is 68.9 cm³/mol. The Morgan fingerprint density at radius 2 is 2.33 bits per heavy atom. The van der Waals surface area contributed by atoms with Crippen LogP contribution in [0.2, 0.25) is 0 Å². The number of nitrogens with zero attached hydrogens (tertiary/aromatic N) is 2. The molecule has 3 rings (SSSR count). The van der Waals surface area contributed by atoms with E-state index in [9.17, 15) is 4.79 Å². The van der Waals surface area contributed by atoms with Gasteiger partial charge in [-0.3, -0.25) is 4.79 Å². The smallest absolute Gasteiger partial charge is 0.164 e. The van der Waals surface area contributed by atoms with E-state index in [4.69, 9.17) is 4.74 Å². The first-order chi connectivity index (χ1) is 8.74. The van der Waals surface area contributed by atoms with E-state index in [1.54, 1.807) is 0 Å². The Bertz CT molecular complexity index is 453. The van der Waals surface area contributed by atoms with E-state index in [0.29, 0.717) is 12.2 Å². The van der Waals surface area contributed by atoms with Crippen LogP contribution in [0.5, 0.6) is 0 Å². The average Bonchev–Trinajstić information content (AvgIpc) is 2.74. The molecule has 0 radical (unpaired) electrons. The molecule has 98 valence electrons. The second-order valence-electron chi connectivity index (χ2n) is 5.36.